The third-order valence-corrected chi connectivity index (χ3v) is 20.4. The summed E-state index contributed by atoms with van der Waals surface area (Å²) in [5.74, 6) is -4.25. The van der Waals surface area contributed by atoms with Crippen LogP contribution in [-0.4, -0.2) is 150 Å². The molecule has 7 N–H and O–H groups in total. The highest BCUT2D eigenvalue weighted by Crippen LogP contribution is 2.49. The molecule has 0 spiro atoms. The molecule has 26 nitrogen and oxygen atoms in total. The molecule has 6 aromatic carbocycles. The quantitative estimate of drug-likeness (QED) is 0.0226. The highest BCUT2D eigenvalue weighted by molar-refractivity contribution is 6.06. The van der Waals surface area contributed by atoms with Crippen LogP contribution in [0.4, 0.5) is 21.0 Å². The standard InChI is InChI=1S/C82H92N10O16/c1-10-55-61-40-54(29-30-56(61)49(3)73-62(55)46-92-67(73)41-64-63(75(92)99)48-105-77(101)82(64,104)11-2)108-79(103)90(9)37-36-89(8)78(102)106-47-51-25-27-53(28-26-51)86-70(95)44-84-74(98)65(39-50-19-13-12-14-20-50)87-71(96)43-83-69(94)42-85-76(100)81(6,7)107-38-35-80(4,5)88-68(93)33-34-72(97)91-45-52-21-15-16-22-57(52)58-31-32-59(58)60-23-17-18-24-66(60)91/h12-30,40-41,65,104H,10-11,31-39,42-48H2,1-9H3,(H,83,94)(H,84,98)(H,85,100)(H,86,95)(H,87,96)(H,88,93)/t65-,82-/m0/s1. The summed E-state index contributed by atoms with van der Waals surface area (Å²) >= 11 is 0. The number of amides is 9. The van der Waals surface area contributed by atoms with Crippen molar-refractivity contribution in [3.8, 4) is 17.0 Å². The van der Waals surface area contributed by atoms with E-state index in [0.717, 1.165) is 68.2 Å². The van der Waals surface area contributed by atoms with Gasteiger partial charge in [-0.05, 0) is 164 Å². The number of fused-ring (bicyclic) bond motifs is 9. The van der Waals surface area contributed by atoms with E-state index in [0.29, 0.717) is 47.6 Å². The maximum absolute atomic E-state index is 13.9. The number of nitrogens with zero attached hydrogens (tertiary/aromatic N) is 4. The molecule has 9 amide bonds. The Bertz CT molecular complexity index is 4800. The van der Waals surface area contributed by atoms with Crippen molar-refractivity contribution in [1.82, 2.24) is 41.0 Å². The lowest BCUT2D eigenvalue weighted by atomic mass is 9.77. The van der Waals surface area contributed by atoms with E-state index in [-0.39, 0.29) is 93.6 Å². The molecule has 4 heterocycles. The van der Waals surface area contributed by atoms with E-state index in [1.807, 2.05) is 70.2 Å². The first-order valence-corrected chi connectivity index (χ1v) is 36.3. The molecule has 4 aliphatic rings. The molecule has 11 rings (SSSR count). The van der Waals surface area contributed by atoms with Gasteiger partial charge in [0.1, 0.15) is 30.6 Å². The third kappa shape index (κ3) is 17.5. The summed E-state index contributed by atoms with van der Waals surface area (Å²) in [6.07, 6.45) is 1.54. The zero-order valence-corrected chi connectivity index (χ0v) is 62.3. The van der Waals surface area contributed by atoms with Crippen molar-refractivity contribution < 1.29 is 72.0 Å². The van der Waals surface area contributed by atoms with Crippen LogP contribution in [0.2, 0.25) is 0 Å². The molecule has 7 aromatic rings. The van der Waals surface area contributed by atoms with E-state index in [9.17, 15) is 57.8 Å². The molecule has 0 fully saturated rings. The number of aromatic nitrogens is 1. The highest BCUT2D eigenvalue weighted by atomic mass is 16.6. The normalized spacial score (nSPS) is 14.9. The van der Waals surface area contributed by atoms with E-state index in [1.54, 1.807) is 96.2 Å². The Morgan fingerprint density at radius 1 is 0.685 bits per heavy atom. The van der Waals surface area contributed by atoms with Gasteiger partial charge < -0.3 is 75.2 Å². The van der Waals surface area contributed by atoms with Crippen molar-refractivity contribution >= 4 is 92.8 Å². The number of allylic oxidation sites excluding steroid dienone is 2. The van der Waals surface area contributed by atoms with Crippen LogP contribution in [-0.2, 0) is 97.3 Å². The second kappa shape index (κ2) is 33.1. The molecule has 108 heavy (non-hydrogen) atoms. The van der Waals surface area contributed by atoms with E-state index < -0.39 is 90.1 Å². The summed E-state index contributed by atoms with van der Waals surface area (Å²) in [5, 5.41) is 29.0. The number of benzene rings is 6. The molecule has 1 aliphatic carbocycles. The Labute approximate surface area is 625 Å². The number of esters is 1. The van der Waals surface area contributed by atoms with Crippen molar-refractivity contribution in [3.63, 3.8) is 0 Å². The van der Waals surface area contributed by atoms with Crippen LogP contribution in [0, 0.1) is 6.92 Å². The van der Waals surface area contributed by atoms with Crippen LogP contribution in [0.15, 0.2) is 132 Å². The number of nitrogens with one attached hydrogen (secondary N) is 6. The number of hydrogen-bond donors (Lipinski definition) is 7. The predicted octanol–water partition coefficient (Wildman–Crippen LogP) is 8.38. The lowest BCUT2D eigenvalue weighted by Crippen LogP contribution is -2.52. The summed E-state index contributed by atoms with van der Waals surface area (Å²) in [5.41, 5.74) is 8.66. The average Bonchev–Trinajstić information content (AvgIpc) is 1.54. The van der Waals surface area contributed by atoms with Gasteiger partial charge >= 0.3 is 18.2 Å². The van der Waals surface area contributed by atoms with Gasteiger partial charge in [0.2, 0.25) is 35.4 Å². The van der Waals surface area contributed by atoms with Crippen LogP contribution in [0.5, 0.6) is 5.75 Å². The second-order valence-corrected chi connectivity index (χ2v) is 28.8. The molecule has 0 radical (unpaired) electrons. The monoisotopic (exact) mass is 1470 g/mol. The number of anilines is 2. The number of pyridine rings is 1. The maximum Gasteiger partial charge on any atom is 0.415 e. The van der Waals surface area contributed by atoms with Crippen molar-refractivity contribution in [2.45, 2.75) is 149 Å². The lowest BCUT2D eigenvalue weighted by molar-refractivity contribution is -0.172. The van der Waals surface area contributed by atoms with Gasteiger partial charge in [-0.15, -0.1) is 0 Å². The second-order valence-electron chi connectivity index (χ2n) is 28.8. The fourth-order valence-corrected chi connectivity index (χ4v) is 14.0. The Morgan fingerprint density at radius 3 is 2.06 bits per heavy atom. The predicted molar refractivity (Wildman–Crippen MR) is 405 cm³/mol. The molecule has 3 aliphatic heterocycles. The Balaban J connectivity index is 0.574. The average molecular weight is 1470 g/mol. The number of likely N-dealkylation sites (N-methyl/N-ethyl adjacent to an activating group) is 2. The van der Waals surface area contributed by atoms with E-state index in [1.165, 1.54) is 41.8 Å². The molecule has 0 unspecified atom stereocenters. The molecule has 0 saturated carbocycles. The molecular formula is C82H92N10O16. The van der Waals surface area contributed by atoms with Crippen molar-refractivity contribution in [1.29, 1.82) is 0 Å². The topological polar surface area (TPSA) is 332 Å². The van der Waals surface area contributed by atoms with Gasteiger partial charge in [-0.1, -0.05) is 105 Å². The van der Waals surface area contributed by atoms with Crippen LogP contribution in [0.1, 0.15) is 136 Å². The van der Waals surface area contributed by atoms with Gasteiger partial charge in [-0.2, -0.15) is 0 Å². The lowest BCUT2D eigenvalue weighted by Gasteiger charge is -2.35. The number of rotatable bonds is 28. The molecule has 0 bridgehead atoms. The number of carbonyl (C=O) groups is 10. The number of aryl methyl sites for hydroxylation is 2. The number of ether oxygens (including phenoxy) is 4. The van der Waals surface area contributed by atoms with Gasteiger partial charge in [-0.25, -0.2) is 14.4 Å². The third-order valence-electron chi connectivity index (χ3n) is 20.4. The minimum absolute atomic E-state index is 0.00381. The number of hydrogen-bond acceptors (Lipinski definition) is 16. The van der Waals surface area contributed by atoms with Crippen LogP contribution >= 0.6 is 0 Å². The van der Waals surface area contributed by atoms with Crippen LogP contribution < -0.4 is 47.1 Å². The van der Waals surface area contributed by atoms with Gasteiger partial charge in [0, 0.05) is 74.4 Å². The molecule has 566 valence electrons. The number of cyclic esters (lactones) is 1. The summed E-state index contributed by atoms with van der Waals surface area (Å²) < 4.78 is 24.2. The summed E-state index contributed by atoms with van der Waals surface area (Å²) in [7, 11) is 3.07. The minimum Gasteiger partial charge on any atom is -0.458 e. The summed E-state index contributed by atoms with van der Waals surface area (Å²) in [6, 6.07) is 37.3. The SMILES string of the molecule is CCc1c2c(c(C)c3ccc(OC(=O)N(C)CCN(C)C(=O)OCc4ccc(NC(=O)CNC(=O)[C@H](Cc5ccccc5)NC(=O)CNC(=O)CNC(=O)C(C)(C)OCCC(C)(C)NC(=O)CCC(=O)N5Cc6ccccc6C6=C(CC6)c6ccccc65)cc4)cc13)-c1cc3c(c(=O)n1C2)COC(=O)[C@]3(O)CC. The molecule has 1 aromatic heterocycles. The number of carbonyl (C=O) groups excluding carboxylic acids is 10. The maximum atomic E-state index is 13.9. The molecule has 2 atom stereocenters. The fraction of sp³-hybridized carbons (Fsp3) is 0.378. The van der Waals surface area contributed by atoms with Gasteiger partial charge in [0.15, 0.2) is 5.60 Å². The van der Waals surface area contributed by atoms with Crippen LogP contribution in [0.3, 0.4) is 0 Å². The first kappa shape index (κ1) is 77.6. The van der Waals surface area contributed by atoms with Crippen molar-refractivity contribution in [2.24, 2.45) is 0 Å². The van der Waals surface area contributed by atoms with Gasteiger partial charge in [0.25, 0.3) is 11.5 Å². The smallest absolute Gasteiger partial charge is 0.415 e. The molecule has 26 heteroatoms. The highest BCUT2D eigenvalue weighted by Gasteiger charge is 2.46. The van der Waals surface area contributed by atoms with Crippen molar-refractivity contribution in [2.75, 3.05) is 63.6 Å². The Hall–Kier alpha value is -11.5. The first-order valence-electron chi connectivity index (χ1n) is 36.3. The Kier molecular flexibility index (Phi) is 23.8. The van der Waals surface area contributed by atoms with Crippen LogP contribution in [0.25, 0.3) is 33.2 Å². The summed E-state index contributed by atoms with van der Waals surface area (Å²) in [6.45, 7) is 11.4. The largest absolute Gasteiger partial charge is 0.458 e. The first-order chi connectivity index (χ1) is 51.6. The minimum atomic E-state index is -1.94. The summed E-state index contributed by atoms with van der Waals surface area (Å²) in [4.78, 5) is 151. The van der Waals surface area contributed by atoms with Gasteiger partial charge in [-0.3, -0.25) is 38.4 Å². The van der Waals surface area contributed by atoms with E-state index >= 15 is 0 Å². The molecule has 0 saturated heterocycles. The zero-order chi connectivity index (χ0) is 77.4. The number of para-hydroxylation sites is 1. The van der Waals surface area contributed by atoms with Crippen molar-refractivity contribution in [3.05, 3.63) is 193 Å². The van der Waals surface area contributed by atoms with E-state index in [2.05, 4.69) is 44.0 Å². The molecular weight excluding hydrogens is 1380 g/mol. The van der Waals surface area contributed by atoms with Gasteiger partial charge in [0.05, 0.1) is 56.3 Å². The zero-order valence-electron chi connectivity index (χ0n) is 62.3. The van der Waals surface area contributed by atoms with E-state index in [4.69, 9.17) is 18.9 Å². The fourth-order valence-electron chi connectivity index (χ4n) is 14.0. The number of aliphatic hydroxyl groups is 1. The Morgan fingerprint density at radius 2 is 1.35 bits per heavy atom.